The molecule has 2 atom stereocenters. The number of hydrogen-bond acceptors (Lipinski definition) is 4. The van der Waals surface area contributed by atoms with Crippen molar-refractivity contribution in [2.75, 3.05) is 6.61 Å². The van der Waals surface area contributed by atoms with Crippen LogP contribution >= 0.6 is 0 Å². The number of rotatable bonds is 4. The highest BCUT2D eigenvalue weighted by Gasteiger charge is 2.41. The molecule has 0 aromatic heterocycles. The van der Waals surface area contributed by atoms with Gasteiger partial charge in [-0.1, -0.05) is 30.3 Å². The zero-order chi connectivity index (χ0) is 12.3. The molecule has 0 spiro atoms. The minimum absolute atomic E-state index is 0.167. The number of esters is 1. The molecule has 17 heavy (non-hydrogen) atoms. The maximum absolute atomic E-state index is 11.2. The van der Waals surface area contributed by atoms with E-state index in [0.29, 0.717) is 19.3 Å². The number of aliphatic hydroxyl groups excluding tert-OH is 1. The van der Waals surface area contributed by atoms with Crippen molar-refractivity contribution in [2.24, 2.45) is 5.73 Å². The van der Waals surface area contributed by atoms with Crippen molar-refractivity contribution in [1.29, 1.82) is 0 Å². The van der Waals surface area contributed by atoms with Gasteiger partial charge in [-0.15, -0.1) is 0 Å². The molecule has 3 N–H and O–H groups in total. The predicted octanol–water partition coefficient (Wildman–Crippen LogP) is 1.14. The summed E-state index contributed by atoms with van der Waals surface area (Å²) in [6.45, 7) is -0.167. The molecule has 0 amide bonds. The summed E-state index contributed by atoms with van der Waals surface area (Å²) in [5.74, 6) is -0.251. The van der Waals surface area contributed by atoms with Crippen LogP contribution in [0.15, 0.2) is 30.3 Å². The quantitative estimate of drug-likeness (QED) is 0.768. The van der Waals surface area contributed by atoms with Crippen LogP contribution in [-0.4, -0.2) is 23.3 Å². The van der Waals surface area contributed by atoms with E-state index in [4.69, 9.17) is 10.5 Å². The van der Waals surface area contributed by atoms with Gasteiger partial charge in [-0.3, -0.25) is 4.79 Å². The lowest BCUT2D eigenvalue weighted by atomic mass is 9.90. The average molecular weight is 235 g/mol. The monoisotopic (exact) mass is 235 g/mol. The molecule has 1 aliphatic heterocycles. The van der Waals surface area contributed by atoms with Gasteiger partial charge in [0.1, 0.15) is 5.60 Å². The highest BCUT2D eigenvalue weighted by molar-refractivity contribution is 5.72. The molecule has 0 aliphatic carbocycles. The third-order valence-electron chi connectivity index (χ3n) is 3.22. The number of aliphatic hydroxyl groups is 1. The van der Waals surface area contributed by atoms with Crippen LogP contribution in [0.3, 0.4) is 0 Å². The SMILES string of the molecule is NC(CC1(CO)CCC(=O)O1)c1ccccc1. The molecule has 4 heteroatoms. The number of hydrogen-bond donors (Lipinski definition) is 2. The summed E-state index contributed by atoms with van der Waals surface area (Å²) in [7, 11) is 0. The molecule has 1 aromatic carbocycles. The fourth-order valence-electron chi connectivity index (χ4n) is 2.21. The first-order valence-electron chi connectivity index (χ1n) is 5.78. The molecule has 1 fully saturated rings. The summed E-state index contributed by atoms with van der Waals surface area (Å²) in [5, 5.41) is 9.40. The van der Waals surface area contributed by atoms with E-state index < -0.39 is 5.60 Å². The molecule has 0 bridgehead atoms. The molecule has 1 aromatic rings. The van der Waals surface area contributed by atoms with E-state index in [1.807, 2.05) is 30.3 Å². The first-order chi connectivity index (χ1) is 8.15. The highest BCUT2D eigenvalue weighted by Crippen LogP contribution is 2.34. The third-order valence-corrected chi connectivity index (χ3v) is 3.22. The van der Waals surface area contributed by atoms with Gasteiger partial charge in [-0.2, -0.15) is 0 Å². The Morgan fingerprint density at radius 3 is 2.65 bits per heavy atom. The maximum Gasteiger partial charge on any atom is 0.306 e. The van der Waals surface area contributed by atoms with Crippen LogP contribution in [0.4, 0.5) is 0 Å². The molecule has 92 valence electrons. The van der Waals surface area contributed by atoms with Gasteiger partial charge in [0.25, 0.3) is 0 Å². The van der Waals surface area contributed by atoms with Crippen molar-refractivity contribution in [3.05, 3.63) is 35.9 Å². The maximum atomic E-state index is 11.2. The summed E-state index contributed by atoms with van der Waals surface area (Å²) < 4.78 is 5.22. The standard InChI is InChI=1S/C13H17NO3/c14-11(10-4-2-1-3-5-10)8-13(9-15)7-6-12(16)17-13/h1-5,11,15H,6-9,14H2. The van der Waals surface area contributed by atoms with E-state index in [-0.39, 0.29) is 18.6 Å². The van der Waals surface area contributed by atoms with Crippen LogP contribution < -0.4 is 5.73 Å². The van der Waals surface area contributed by atoms with Gasteiger partial charge in [-0.25, -0.2) is 0 Å². The van der Waals surface area contributed by atoms with Crippen LogP contribution in [0.5, 0.6) is 0 Å². The summed E-state index contributed by atoms with van der Waals surface area (Å²) in [5.41, 5.74) is 6.28. The van der Waals surface area contributed by atoms with Gasteiger partial charge in [0.15, 0.2) is 0 Å². The summed E-state index contributed by atoms with van der Waals surface area (Å²) in [6.07, 6.45) is 1.37. The normalized spacial score (nSPS) is 25.6. The minimum Gasteiger partial charge on any atom is -0.457 e. The molecule has 1 heterocycles. The summed E-state index contributed by atoms with van der Waals surface area (Å²) in [4.78, 5) is 11.2. The predicted molar refractivity (Wildman–Crippen MR) is 63.1 cm³/mol. The third kappa shape index (κ3) is 2.65. The van der Waals surface area contributed by atoms with E-state index in [9.17, 15) is 9.90 Å². The fourth-order valence-corrected chi connectivity index (χ4v) is 2.21. The lowest BCUT2D eigenvalue weighted by molar-refractivity contribution is -0.152. The van der Waals surface area contributed by atoms with E-state index in [1.54, 1.807) is 0 Å². The Kier molecular flexibility index (Phi) is 3.45. The van der Waals surface area contributed by atoms with Gasteiger partial charge in [0, 0.05) is 18.9 Å². The molecule has 2 rings (SSSR count). The van der Waals surface area contributed by atoms with Crippen molar-refractivity contribution in [2.45, 2.75) is 30.9 Å². The van der Waals surface area contributed by atoms with E-state index in [0.717, 1.165) is 5.56 Å². The van der Waals surface area contributed by atoms with Crippen LogP contribution in [0.1, 0.15) is 30.9 Å². The molecular weight excluding hydrogens is 218 g/mol. The Labute approximate surface area is 100 Å². The Hall–Kier alpha value is -1.39. The van der Waals surface area contributed by atoms with Gasteiger partial charge < -0.3 is 15.6 Å². The van der Waals surface area contributed by atoms with Crippen molar-refractivity contribution < 1.29 is 14.6 Å². The van der Waals surface area contributed by atoms with Gasteiger partial charge in [0.05, 0.1) is 6.61 Å². The number of cyclic esters (lactones) is 1. The van der Waals surface area contributed by atoms with Gasteiger partial charge in [-0.05, 0) is 12.0 Å². The Morgan fingerprint density at radius 2 is 2.12 bits per heavy atom. The molecule has 1 aliphatic rings. The second-order valence-corrected chi connectivity index (χ2v) is 4.54. The van der Waals surface area contributed by atoms with Crippen molar-refractivity contribution >= 4 is 5.97 Å². The molecule has 1 saturated heterocycles. The van der Waals surface area contributed by atoms with E-state index in [2.05, 4.69) is 0 Å². The average Bonchev–Trinajstić information content (AvgIpc) is 2.72. The number of nitrogens with two attached hydrogens (primary N) is 1. The molecule has 0 radical (unpaired) electrons. The number of carbonyl (C=O) groups excluding carboxylic acids is 1. The second-order valence-electron chi connectivity index (χ2n) is 4.54. The number of carbonyl (C=O) groups is 1. The zero-order valence-electron chi connectivity index (χ0n) is 9.63. The van der Waals surface area contributed by atoms with E-state index >= 15 is 0 Å². The van der Waals surface area contributed by atoms with Gasteiger partial charge >= 0.3 is 5.97 Å². The second kappa shape index (κ2) is 4.85. The largest absolute Gasteiger partial charge is 0.457 e. The van der Waals surface area contributed by atoms with Gasteiger partial charge in [0.2, 0.25) is 0 Å². The molecule has 4 nitrogen and oxygen atoms in total. The molecular formula is C13H17NO3. The van der Waals surface area contributed by atoms with E-state index in [1.165, 1.54) is 0 Å². The topological polar surface area (TPSA) is 72.5 Å². The Balaban J connectivity index is 2.07. The van der Waals surface area contributed by atoms with Crippen LogP contribution in [0.2, 0.25) is 0 Å². The minimum atomic E-state index is -0.785. The Bertz CT molecular complexity index is 393. The van der Waals surface area contributed by atoms with Crippen molar-refractivity contribution in [3.8, 4) is 0 Å². The highest BCUT2D eigenvalue weighted by atomic mass is 16.6. The van der Waals surface area contributed by atoms with Crippen molar-refractivity contribution in [1.82, 2.24) is 0 Å². The molecule has 2 unspecified atom stereocenters. The van der Waals surface area contributed by atoms with Crippen LogP contribution in [0.25, 0.3) is 0 Å². The van der Waals surface area contributed by atoms with Crippen LogP contribution in [-0.2, 0) is 9.53 Å². The van der Waals surface area contributed by atoms with Crippen LogP contribution in [0, 0.1) is 0 Å². The first-order valence-corrected chi connectivity index (χ1v) is 5.78. The lowest BCUT2D eigenvalue weighted by Gasteiger charge is -2.28. The Morgan fingerprint density at radius 1 is 1.41 bits per heavy atom. The lowest BCUT2D eigenvalue weighted by Crippen LogP contribution is -2.36. The fraction of sp³-hybridized carbons (Fsp3) is 0.462. The summed E-state index contributed by atoms with van der Waals surface area (Å²) >= 11 is 0. The smallest absolute Gasteiger partial charge is 0.306 e. The summed E-state index contributed by atoms with van der Waals surface area (Å²) in [6, 6.07) is 9.41. The number of benzene rings is 1. The first kappa shape index (κ1) is 12.1. The van der Waals surface area contributed by atoms with Crippen molar-refractivity contribution in [3.63, 3.8) is 0 Å². The zero-order valence-corrected chi connectivity index (χ0v) is 9.63. The number of ether oxygens (including phenoxy) is 1. The molecule has 0 saturated carbocycles.